The van der Waals surface area contributed by atoms with Gasteiger partial charge in [0.2, 0.25) is 0 Å². The molecule has 2 rings (SSSR count). The minimum Gasteiger partial charge on any atom is -0.373 e. The van der Waals surface area contributed by atoms with E-state index in [9.17, 15) is 0 Å². The van der Waals surface area contributed by atoms with Gasteiger partial charge in [-0.05, 0) is 38.0 Å². The van der Waals surface area contributed by atoms with Gasteiger partial charge in [0.05, 0.1) is 0 Å². The van der Waals surface area contributed by atoms with Crippen LogP contribution in [0.1, 0.15) is 38.9 Å². The van der Waals surface area contributed by atoms with Gasteiger partial charge in [0.25, 0.3) is 0 Å². The number of nitrogens with one attached hydrogen (secondary N) is 1. The third-order valence-electron chi connectivity index (χ3n) is 4.12. The van der Waals surface area contributed by atoms with E-state index in [2.05, 4.69) is 40.1 Å². The lowest BCUT2D eigenvalue weighted by Crippen LogP contribution is -2.26. The molecular formula is C15H26N4. The maximum Gasteiger partial charge on any atom is 0.134 e. The van der Waals surface area contributed by atoms with Crippen molar-refractivity contribution in [2.45, 2.75) is 40.0 Å². The summed E-state index contributed by atoms with van der Waals surface area (Å²) in [5, 5.41) is 3.11. The first-order valence-electron chi connectivity index (χ1n) is 7.38. The predicted octanol–water partition coefficient (Wildman–Crippen LogP) is 3.09. The normalized spacial score (nSPS) is 20.5. The van der Waals surface area contributed by atoms with E-state index in [-0.39, 0.29) is 0 Å². The van der Waals surface area contributed by atoms with Crippen molar-refractivity contribution in [1.82, 2.24) is 9.97 Å². The predicted molar refractivity (Wildman–Crippen MR) is 80.7 cm³/mol. The molecule has 1 saturated heterocycles. The molecule has 1 fully saturated rings. The quantitative estimate of drug-likeness (QED) is 0.909. The molecule has 1 aromatic rings. The first-order valence-corrected chi connectivity index (χ1v) is 7.38. The summed E-state index contributed by atoms with van der Waals surface area (Å²) >= 11 is 0. The Bertz CT molecular complexity index is 417. The van der Waals surface area contributed by atoms with Crippen molar-refractivity contribution in [3.05, 3.63) is 11.9 Å². The third kappa shape index (κ3) is 3.58. The van der Waals surface area contributed by atoms with Crippen molar-refractivity contribution in [2.24, 2.45) is 11.8 Å². The van der Waals surface area contributed by atoms with Crippen LogP contribution in [0.15, 0.2) is 6.07 Å². The van der Waals surface area contributed by atoms with Crippen LogP contribution < -0.4 is 10.2 Å². The number of nitrogens with zero attached hydrogens (tertiary/aromatic N) is 3. The van der Waals surface area contributed by atoms with Crippen LogP contribution in [-0.4, -0.2) is 30.1 Å². The van der Waals surface area contributed by atoms with E-state index >= 15 is 0 Å². The van der Waals surface area contributed by atoms with Gasteiger partial charge in [0.15, 0.2) is 0 Å². The van der Waals surface area contributed by atoms with Crippen LogP contribution in [0.5, 0.6) is 0 Å². The average molecular weight is 262 g/mol. The highest BCUT2D eigenvalue weighted by atomic mass is 15.2. The zero-order valence-electron chi connectivity index (χ0n) is 12.6. The second-order valence-electron chi connectivity index (χ2n) is 5.83. The van der Waals surface area contributed by atoms with E-state index in [4.69, 9.17) is 0 Å². The van der Waals surface area contributed by atoms with Crippen LogP contribution in [0, 0.1) is 18.8 Å². The molecule has 1 unspecified atom stereocenters. The molecule has 19 heavy (non-hydrogen) atoms. The molecule has 1 N–H and O–H groups in total. The molecule has 1 aliphatic rings. The summed E-state index contributed by atoms with van der Waals surface area (Å²) < 4.78 is 0. The van der Waals surface area contributed by atoms with Crippen molar-refractivity contribution >= 4 is 11.6 Å². The summed E-state index contributed by atoms with van der Waals surface area (Å²) in [6.45, 7) is 8.87. The smallest absolute Gasteiger partial charge is 0.134 e. The standard InChI is InChI=1S/C15H26N4/c1-11(2)13-6-5-8-19(9-7-13)15-10-14(16-4)17-12(3)18-15/h10-11,13H,5-9H2,1-4H3,(H,16,17,18). The number of anilines is 2. The average Bonchev–Trinajstić information content (AvgIpc) is 2.63. The fourth-order valence-electron chi connectivity index (χ4n) is 2.86. The zero-order valence-corrected chi connectivity index (χ0v) is 12.6. The van der Waals surface area contributed by atoms with Gasteiger partial charge in [0, 0.05) is 26.2 Å². The van der Waals surface area contributed by atoms with Crippen molar-refractivity contribution in [3.63, 3.8) is 0 Å². The SMILES string of the molecule is CNc1cc(N2CCCC(C(C)C)CC2)nc(C)n1. The molecule has 0 radical (unpaired) electrons. The third-order valence-corrected chi connectivity index (χ3v) is 4.12. The van der Waals surface area contributed by atoms with Crippen LogP contribution in [0.4, 0.5) is 11.6 Å². The molecule has 4 nitrogen and oxygen atoms in total. The number of hydrogen-bond acceptors (Lipinski definition) is 4. The molecule has 0 spiro atoms. The molecule has 0 saturated carbocycles. The van der Waals surface area contributed by atoms with Crippen molar-refractivity contribution in [2.75, 3.05) is 30.4 Å². The molecule has 1 atom stereocenters. The Labute approximate surface area is 116 Å². The summed E-state index contributed by atoms with van der Waals surface area (Å²) in [6, 6.07) is 2.06. The lowest BCUT2D eigenvalue weighted by Gasteiger charge is -2.23. The first kappa shape index (κ1) is 14.1. The number of hydrogen-bond donors (Lipinski definition) is 1. The highest BCUT2D eigenvalue weighted by Gasteiger charge is 2.20. The Morgan fingerprint density at radius 1 is 1.26 bits per heavy atom. The van der Waals surface area contributed by atoms with Gasteiger partial charge in [-0.2, -0.15) is 0 Å². The maximum absolute atomic E-state index is 4.59. The van der Waals surface area contributed by atoms with Gasteiger partial charge >= 0.3 is 0 Å². The largest absolute Gasteiger partial charge is 0.373 e. The second-order valence-corrected chi connectivity index (χ2v) is 5.83. The number of aromatic nitrogens is 2. The summed E-state index contributed by atoms with van der Waals surface area (Å²) in [5.41, 5.74) is 0. The van der Waals surface area contributed by atoms with Crippen molar-refractivity contribution in [3.8, 4) is 0 Å². The van der Waals surface area contributed by atoms with E-state index in [1.54, 1.807) is 0 Å². The van der Waals surface area contributed by atoms with E-state index in [1.165, 1.54) is 19.3 Å². The Morgan fingerprint density at radius 3 is 2.74 bits per heavy atom. The Hall–Kier alpha value is -1.32. The topological polar surface area (TPSA) is 41.0 Å². The lowest BCUT2D eigenvalue weighted by atomic mass is 9.89. The van der Waals surface area contributed by atoms with Crippen LogP contribution >= 0.6 is 0 Å². The lowest BCUT2D eigenvalue weighted by molar-refractivity contribution is 0.351. The Morgan fingerprint density at radius 2 is 2.05 bits per heavy atom. The van der Waals surface area contributed by atoms with Crippen molar-refractivity contribution in [1.29, 1.82) is 0 Å². The molecule has 0 aliphatic carbocycles. The van der Waals surface area contributed by atoms with E-state index < -0.39 is 0 Å². The highest BCUT2D eigenvalue weighted by Crippen LogP contribution is 2.27. The van der Waals surface area contributed by atoms with Crippen LogP contribution in [-0.2, 0) is 0 Å². The van der Waals surface area contributed by atoms with E-state index in [0.29, 0.717) is 0 Å². The molecule has 0 bridgehead atoms. The van der Waals surface area contributed by atoms with Gasteiger partial charge in [0.1, 0.15) is 17.5 Å². The summed E-state index contributed by atoms with van der Waals surface area (Å²) in [7, 11) is 1.91. The second kappa shape index (κ2) is 6.22. The minimum absolute atomic E-state index is 0.792. The molecule has 2 heterocycles. The van der Waals surface area contributed by atoms with E-state index in [0.717, 1.165) is 42.4 Å². The van der Waals surface area contributed by atoms with Crippen LogP contribution in [0.3, 0.4) is 0 Å². The van der Waals surface area contributed by atoms with Crippen LogP contribution in [0.2, 0.25) is 0 Å². The van der Waals surface area contributed by atoms with E-state index in [1.807, 2.05) is 14.0 Å². The Balaban J connectivity index is 2.11. The maximum atomic E-state index is 4.59. The van der Waals surface area contributed by atoms with Gasteiger partial charge in [-0.1, -0.05) is 13.8 Å². The monoisotopic (exact) mass is 262 g/mol. The molecule has 0 aromatic carbocycles. The zero-order chi connectivity index (χ0) is 13.8. The van der Waals surface area contributed by atoms with Crippen LogP contribution in [0.25, 0.3) is 0 Å². The molecular weight excluding hydrogens is 236 g/mol. The fourth-order valence-corrected chi connectivity index (χ4v) is 2.86. The van der Waals surface area contributed by atoms with Gasteiger partial charge in [-0.15, -0.1) is 0 Å². The van der Waals surface area contributed by atoms with Gasteiger partial charge in [-0.3, -0.25) is 0 Å². The summed E-state index contributed by atoms with van der Waals surface area (Å²) in [5.74, 6) is 4.47. The Kier molecular flexibility index (Phi) is 4.61. The first-order chi connectivity index (χ1) is 9.10. The molecule has 106 valence electrons. The van der Waals surface area contributed by atoms with Crippen molar-refractivity contribution < 1.29 is 0 Å². The molecule has 4 heteroatoms. The minimum atomic E-state index is 0.792. The number of rotatable bonds is 3. The fraction of sp³-hybridized carbons (Fsp3) is 0.733. The van der Waals surface area contributed by atoms with Gasteiger partial charge < -0.3 is 10.2 Å². The summed E-state index contributed by atoms with van der Waals surface area (Å²) in [6.07, 6.45) is 3.88. The molecule has 0 amide bonds. The molecule has 1 aromatic heterocycles. The number of aryl methyl sites for hydroxylation is 1. The highest BCUT2D eigenvalue weighted by molar-refractivity contribution is 5.49. The summed E-state index contributed by atoms with van der Waals surface area (Å²) in [4.78, 5) is 11.4. The van der Waals surface area contributed by atoms with Gasteiger partial charge in [-0.25, -0.2) is 9.97 Å². The molecule has 1 aliphatic heterocycles.